The standard InChI is InChI=1S/C18H15FN2O3/c19-16-8-12(21-9-13(10-22)24-18(21)23)4-5-14(16)15-3-1-2-11-6-7-20-17(11)15/h1-8,13,20,22H,9-10H2/t13-/m1/s1. The molecule has 1 amide bonds. The van der Waals surface area contributed by atoms with E-state index in [1.54, 1.807) is 12.1 Å². The van der Waals surface area contributed by atoms with Crippen LogP contribution in [0, 0.1) is 5.82 Å². The van der Waals surface area contributed by atoms with E-state index in [0.29, 0.717) is 11.3 Å². The van der Waals surface area contributed by atoms with Crippen LogP contribution in [0.5, 0.6) is 0 Å². The summed E-state index contributed by atoms with van der Waals surface area (Å²) in [4.78, 5) is 16.3. The molecule has 2 heterocycles. The predicted octanol–water partition coefficient (Wildman–Crippen LogP) is 3.29. The average Bonchev–Trinajstić information content (AvgIpc) is 3.20. The van der Waals surface area contributed by atoms with E-state index >= 15 is 0 Å². The van der Waals surface area contributed by atoms with Crippen LogP contribution in [-0.4, -0.2) is 35.4 Å². The minimum atomic E-state index is -0.576. The molecule has 0 aliphatic carbocycles. The summed E-state index contributed by atoms with van der Waals surface area (Å²) in [6.07, 6.45) is 0.663. The quantitative estimate of drug-likeness (QED) is 0.776. The van der Waals surface area contributed by atoms with Gasteiger partial charge < -0.3 is 14.8 Å². The number of halogens is 1. The van der Waals surface area contributed by atoms with E-state index in [0.717, 1.165) is 16.5 Å². The van der Waals surface area contributed by atoms with E-state index in [2.05, 4.69) is 4.98 Å². The Labute approximate surface area is 137 Å². The number of para-hydroxylation sites is 1. The van der Waals surface area contributed by atoms with E-state index in [-0.39, 0.29) is 13.2 Å². The zero-order chi connectivity index (χ0) is 16.7. The zero-order valence-corrected chi connectivity index (χ0v) is 12.7. The zero-order valence-electron chi connectivity index (χ0n) is 12.7. The van der Waals surface area contributed by atoms with Gasteiger partial charge in [-0.15, -0.1) is 0 Å². The molecule has 1 fully saturated rings. The highest BCUT2D eigenvalue weighted by atomic mass is 19.1. The third-order valence-corrected chi connectivity index (χ3v) is 4.22. The lowest BCUT2D eigenvalue weighted by atomic mass is 10.0. The van der Waals surface area contributed by atoms with Crippen molar-refractivity contribution in [3.05, 3.63) is 54.5 Å². The van der Waals surface area contributed by atoms with Crippen molar-refractivity contribution in [2.45, 2.75) is 6.10 Å². The fourth-order valence-electron chi connectivity index (χ4n) is 3.03. The molecule has 3 aromatic rings. The maximum atomic E-state index is 14.7. The predicted molar refractivity (Wildman–Crippen MR) is 88.4 cm³/mol. The lowest BCUT2D eigenvalue weighted by Crippen LogP contribution is -2.25. The number of aromatic nitrogens is 1. The number of H-pyrrole nitrogens is 1. The Bertz CT molecular complexity index is 922. The second kappa shape index (κ2) is 5.65. The van der Waals surface area contributed by atoms with Gasteiger partial charge in [0.1, 0.15) is 11.9 Å². The Morgan fingerprint density at radius 1 is 1.25 bits per heavy atom. The molecule has 1 aliphatic rings. The van der Waals surface area contributed by atoms with Gasteiger partial charge in [0, 0.05) is 17.3 Å². The number of nitrogens with zero attached hydrogens (tertiary/aromatic N) is 1. The van der Waals surface area contributed by atoms with Gasteiger partial charge in [0.25, 0.3) is 0 Å². The topological polar surface area (TPSA) is 65.6 Å². The van der Waals surface area contributed by atoms with Crippen LogP contribution in [0.2, 0.25) is 0 Å². The average molecular weight is 326 g/mol. The molecule has 0 saturated carbocycles. The van der Waals surface area contributed by atoms with Gasteiger partial charge in [-0.25, -0.2) is 9.18 Å². The summed E-state index contributed by atoms with van der Waals surface area (Å²) in [6.45, 7) is -0.0437. The summed E-state index contributed by atoms with van der Waals surface area (Å²) in [5.74, 6) is -0.421. The van der Waals surface area contributed by atoms with Crippen molar-refractivity contribution in [2.24, 2.45) is 0 Å². The van der Waals surface area contributed by atoms with E-state index in [4.69, 9.17) is 9.84 Å². The molecule has 6 heteroatoms. The molecule has 0 spiro atoms. The highest BCUT2D eigenvalue weighted by Crippen LogP contribution is 2.32. The molecule has 2 N–H and O–H groups in total. The Kier molecular flexibility index (Phi) is 3.46. The number of cyclic esters (lactones) is 1. The van der Waals surface area contributed by atoms with Crippen LogP contribution in [0.3, 0.4) is 0 Å². The second-order valence-electron chi connectivity index (χ2n) is 5.71. The van der Waals surface area contributed by atoms with Gasteiger partial charge in [-0.2, -0.15) is 0 Å². The van der Waals surface area contributed by atoms with Crippen molar-refractivity contribution in [2.75, 3.05) is 18.1 Å². The number of ether oxygens (including phenoxy) is 1. The lowest BCUT2D eigenvalue weighted by molar-refractivity contribution is 0.0963. The molecule has 0 radical (unpaired) electrons. The van der Waals surface area contributed by atoms with E-state index < -0.39 is 18.0 Å². The number of carbonyl (C=O) groups is 1. The molecule has 4 rings (SSSR count). The van der Waals surface area contributed by atoms with Crippen molar-refractivity contribution in [1.29, 1.82) is 0 Å². The number of amides is 1. The van der Waals surface area contributed by atoms with Crippen molar-refractivity contribution < 1.29 is 19.0 Å². The summed E-state index contributed by atoms with van der Waals surface area (Å²) >= 11 is 0. The van der Waals surface area contributed by atoms with Gasteiger partial charge >= 0.3 is 6.09 Å². The maximum absolute atomic E-state index is 14.7. The van der Waals surface area contributed by atoms with Crippen molar-refractivity contribution >= 4 is 22.7 Å². The normalized spacial score (nSPS) is 17.5. The van der Waals surface area contributed by atoms with Gasteiger partial charge in [-0.3, -0.25) is 4.90 Å². The number of aliphatic hydroxyl groups excluding tert-OH is 1. The monoisotopic (exact) mass is 326 g/mol. The molecular weight excluding hydrogens is 311 g/mol. The van der Waals surface area contributed by atoms with Gasteiger partial charge in [-0.1, -0.05) is 18.2 Å². The number of carbonyl (C=O) groups excluding carboxylic acids is 1. The number of aliphatic hydroxyl groups is 1. The number of hydrogen-bond donors (Lipinski definition) is 2. The summed E-state index contributed by atoms with van der Waals surface area (Å²) in [6, 6.07) is 12.3. The van der Waals surface area contributed by atoms with Crippen LogP contribution in [0.15, 0.2) is 48.7 Å². The number of anilines is 1. The van der Waals surface area contributed by atoms with Crippen LogP contribution in [-0.2, 0) is 4.74 Å². The number of hydrogen-bond acceptors (Lipinski definition) is 3. The highest BCUT2D eigenvalue weighted by Gasteiger charge is 2.32. The molecule has 1 atom stereocenters. The van der Waals surface area contributed by atoms with Gasteiger partial charge in [0.05, 0.1) is 24.4 Å². The first kappa shape index (κ1) is 14.7. The van der Waals surface area contributed by atoms with Crippen LogP contribution < -0.4 is 4.90 Å². The molecule has 0 bridgehead atoms. The first-order chi connectivity index (χ1) is 11.7. The fourth-order valence-corrected chi connectivity index (χ4v) is 3.03. The molecular formula is C18H15FN2O3. The molecule has 5 nitrogen and oxygen atoms in total. The second-order valence-corrected chi connectivity index (χ2v) is 5.71. The summed E-state index contributed by atoms with van der Waals surface area (Å²) in [5.41, 5.74) is 2.50. The summed E-state index contributed by atoms with van der Waals surface area (Å²) in [7, 11) is 0. The minimum Gasteiger partial charge on any atom is -0.441 e. The van der Waals surface area contributed by atoms with Gasteiger partial charge in [0.2, 0.25) is 0 Å². The smallest absolute Gasteiger partial charge is 0.414 e. The molecule has 0 unspecified atom stereocenters. The molecule has 1 aromatic heterocycles. The highest BCUT2D eigenvalue weighted by molar-refractivity contribution is 5.95. The van der Waals surface area contributed by atoms with Crippen molar-refractivity contribution in [1.82, 2.24) is 4.98 Å². The molecule has 24 heavy (non-hydrogen) atoms. The third kappa shape index (κ3) is 2.32. The largest absolute Gasteiger partial charge is 0.441 e. The number of rotatable bonds is 3. The molecule has 1 saturated heterocycles. The first-order valence-corrected chi connectivity index (χ1v) is 7.62. The number of aromatic amines is 1. The third-order valence-electron chi connectivity index (χ3n) is 4.22. The SMILES string of the molecule is O=C1O[C@@H](CO)CN1c1ccc(-c2cccc3cc[nH]c23)c(F)c1. The van der Waals surface area contributed by atoms with E-state index in [9.17, 15) is 9.18 Å². The number of fused-ring (bicyclic) bond motifs is 1. The van der Waals surface area contributed by atoms with Gasteiger partial charge in [0.15, 0.2) is 0 Å². The van der Waals surface area contributed by atoms with Crippen LogP contribution in [0.4, 0.5) is 14.9 Å². The fraction of sp³-hybridized carbons (Fsp3) is 0.167. The number of nitrogens with one attached hydrogen (secondary N) is 1. The molecule has 122 valence electrons. The van der Waals surface area contributed by atoms with Crippen LogP contribution in [0.25, 0.3) is 22.0 Å². The number of benzene rings is 2. The summed E-state index contributed by atoms with van der Waals surface area (Å²) in [5, 5.41) is 10.1. The van der Waals surface area contributed by atoms with Crippen molar-refractivity contribution in [3.63, 3.8) is 0 Å². The van der Waals surface area contributed by atoms with Gasteiger partial charge in [-0.05, 0) is 29.7 Å². The van der Waals surface area contributed by atoms with Crippen LogP contribution >= 0.6 is 0 Å². The first-order valence-electron chi connectivity index (χ1n) is 7.62. The van der Waals surface area contributed by atoms with E-state index in [1.165, 1.54) is 11.0 Å². The van der Waals surface area contributed by atoms with E-state index in [1.807, 2.05) is 30.5 Å². The van der Waals surface area contributed by atoms with Crippen molar-refractivity contribution in [3.8, 4) is 11.1 Å². The Morgan fingerprint density at radius 2 is 2.12 bits per heavy atom. The summed E-state index contributed by atoms with van der Waals surface area (Å²) < 4.78 is 19.7. The lowest BCUT2D eigenvalue weighted by Gasteiger charge is -2.14. The maximum Gasteiger partial charge on any atom is 0.414 e. The Morgan fingerprint density at radius 3 is 2.88 bits per heavy atom. The molecule has 1 aliphatic heterocycles. The Balaban J connectivity index is 1.73. The minimum absolute atomic E-state index is 0.209. The Hall–Kier alpha value is -2.86. The molecule has 2 aromatic carbocycles. The van der Waals surface area contributed by atoms with Crippen LogP contribution in [0.1, 0.15) is 0 Å².